The zero-order chi connectivity index (χ0) is 22.4. The lowest BCUT2D eigenvalue weighted by Gasteiger charge is -2.28. The van der Waals surface area contributed by atoms with Crippen LogP contribution in [-0.4, -0.2) is 54.5 Å². The Labute approximate surface area is 187 Å². The summed E-state index contributed by atoms with van der Waals surface area (Å²) in [5.41, 5.74) is 0.944. The topological polar surface area (TPSA) is 71.3 Å². The first kappa shape index (κ1) is 23.0. The first-order valence-electron chi connectivity index (χ1n) is 10.9. The standard InChI is InChI=1S/C24H30N2O4S/c1-4-15-30-18-11-9-17(10-12-18)21-20(22(27)19-8-7-16-31-19)23(28)24(29)26(21)14-13-25(5-2)6-3/h7-12,16,21,28H,4-6,13-15H2,1-3H3/p+1/t21-/m0/s1. The van der Waals surface area contributed by atoms with Crippen LogP contribution in [-0.2, 0) is 4.79 Å². The van der Waals surface area contributed by atoms with Crippen molar-refractivity contribution < 1.29 is 24.3 Å². The van der Waals surface area contributed by atoms with Crippen LogP contribution in [0.15, 0.2) is 53.1 Å². The van der Waals surface area contributed by atoms with Gasteiger partial charge in [-0.3, -0.25) is 9.59 Å². The maximum absolute atomic E-state index is 13.2. The third-order valence-corrected chi connectivity index (χ3v) is 6.54. The van der Waals surface area contributed by atoms with Crippen LogP contribution >= 0.6 is 11.3 Å². The first-order chi connectivity index (χ1) is 15.0. The number of quaternary nitrogens is 1. The number of likely N-dealkylation sites (N-methyl/N-ethyl adjacent to an activating group) is 1. The molecule has 6 nitrogen and oxygen atoms in total. The Morgan fingerprint density at radius 1 is 1.16 bits per heavy atom. The number of nitrogens with one attached hydrogen (secondary N) is 1. The van der Waals surface area contributed by atoms with Gasteiger partial charge < -0.3 is 19.6 Å². The van der Waals surface area contributed by atoms with E-state index in [-0.39, 0.29) is 11.4 Å². The molecule has 3 rings (SSSR count). The van der Waals surface area contributed by atoms with Crippen LogP contribution < -0.4 is 9.64 Å². The number of amides is 1. The molecular weight excluding hydrogens is 412 g/mol. The molecule has 31 heavy (non-hydrogen) atoms. The fraction of sp³-hybridized carbons (Fsp3) is 0.417. The van der Waals surface area contributed by atoms with E-state index in [0.717, 1.165) is 37.4 Å². The van der Waals surface area contributed by atoms with E-state index in [0.29, 0.717) is 18.0 Å². The molecule has 0 spiro atoms. The van der Waals surface area contributed by atoms with Gasteiger partial charge in [-0.1, -0.05) is 25.1 Å². The summed E-state index contributed by atoms with van der Waals surface area (Å²) in [7, 11) is 0. The molecule has 1 aliphatic heterocycles. The highest BCUT2D eigenvalue weighted by atomic mass is 32.1. The quantitative estimate of drug-likeness (QED) is 0.524. The van der Waals surface area contributed by atoms with Crippen molar-refractivity contribution in [2.24, 2.45) is 0 Å². The minimum atomic E-state index is -0.614. The number of Topliss-reactive ketones (excluding diaryl/α,β-unsaturated/α-hetero) is 1. The van der Waals surface area contributed by atoms with Gasteiger partial charge in [0.15, 0.2) is 5.76 Å². The molecule has 0 unspecified atom stereocenters. The van der Waals surface area contributed by atoms with E-state index < -0.39 is 17.7 Å². The van der Waals surface area contributed by atoms with Crippen LogP contribution in [0.1, 0.15) is 48.5 Å². The molecule has 1 aromatic carbocycles. The Bertz CT molecular complexity index is 918. The molecule has 0 bridgehead atoms. The van der Waals surface area contributed by atoms with Crippen molar-refractivity contribution in [1.29, 1.82) is 0 Å². The molecule has 1 aliphatic rings. The number of benzene rings is 1. The fourth-order valence-electron chi connectivity index (χ4n) is 3.85. The third kappa shape index (κ3) is 4.99. The van der Waals surface area contributed by atoms with Crippen LogP contribution in [0.3, 0.4) is 0 Å². The van der Waals surface area contributed by atoms with Crippen molar-refractivity contribution in [3.63, 3.8) is 0 Å². The van der Waals surface area contributed by atoms with Gasteiger partial charge in [-0.15, -0.1) is 11.3 Å². The Morgan fingerprint density at radius 3 is 2.45 bits per heavy atom. The van der Waals surface area contributed by atoms with Crippen LogP contribution in [0.2, 0.25) is 0 Å². The SMILES string of the molecule is CCCOc1ccc([C@H]2C(C(=O)c3cccs3)=C(O)C(=O)N2CC[NH+](CC)CC)cc1. The van der Waals surface area contributed by atoms with E-state index in [2.05, 4.69) is 13.8 Å². The van der Waals surface area contributed by atoms with Crippen LogP contribution in [0.25, 0.3) is 0 Å². The summed E-state index contributed by atoms with van der Waals surface area (Å²) in [5, 5.41) is 12.5. The molecule has 2 heterocycles. The lowest BCUT2D eigenvalue weighted by molar-refractivity contribution is -0.895. The Hall–Kier alpha value is -2.64. The van der Waals surface area contributed by atoms with Gasteiger partial charge >= 0.3 is 0 Å². The minimum absolute atomic E-state index is 0.157. The summed E-state index contributed by atoms with van der Waals surface area (Å²) < 4.78 is 5.67. The molecule has 0 fully saturated rings. The number of nitrogens with zero attached hydrogens (tertiary/aromatic N) is 1. The van der Waals surface area contributed by atoms with Crippen molar-refractivity contribution in [2.45, 2.75) is 33.2 Å². The summed E-state index contributed by atoms with van der Waals surface area (Å²) in [4.78, 5) is 29.7. The van der Waals surface area contributed by atoms with Gasteiger partial charge in [0, 0.05) is 0 Å². The van der Waals surface area contributed by atoms with E-state index in [1.165, 1.54) is 16.2 Å². The molecule has 0 aliphatic carbocycles. The lowest BCUT2D eigenvalue weighted by Crippen LogP contribution is -3.12. The normalized spacial score (nSPS) is 16.5. The zero-order valence-electron chi connectivity index (χ0n) is 18.4. The molecule has 7 heteroatoms. The maximum Gasteiger partial charge on any atom is 0.290 e. The molecule has 2 aromatic rings. The first-order valence-corrected chi connectivity index (χ1v) is 11.8. The smallest absolute Gasteiger partial charge is 0.290 e. The summed E-state index contributed by atoms with van der Waals surface area (Å²) in [6.07, 6.45) is 0.913. The van der Waals surface area contributed by atoms with Crippen molar-refractivity contribution in [3.05, 3.63) is 63.6 Å². The van der Waals surface area contributed by atoms with Crippen LogP contribution in [0.5, 0.6) is 5.75 Å². The van der Waals surface area contributed by atoms with Gasteiger partial charge in [-0.2, -0.15) is 0 Å². The van der Waals surface area contributed by atoms with E-state index in [1.54, 1.807) is 17.0 Å². The Morgan fingerprint density at radius 2 is 1.87 bits per heavy atom. The lowest BCUT2D eigenvalue weighted by atomic mass is 9.95. The number of carbonyl (C=O) groups excluding carboxylic acids is 2. The number of ether oxygens (including phenoxy) is 1. The molecule has 2 N–H and O–H groups in total. The highest BCUT2D eigenvalue weighted by Gasteiger charge is 2.44. The number of hydrogen-bond donors (Lipinski definition) is 2. The van der Waals surface area contributed by atoms with Crippen LogP contribution in [0, 0.1) is 0 Å². The molecule has 0 radical (unpaired) electrons. The molecule has 0 saturated heterocycles. The predicted octanol–water partition coefficient (Wildman–Crippen LogP) is 3.04. The Kier molecular flexibility index (Phi) is 7.87. The zero-order valence-corrected chi connectivity index (χ0v) is 19.2. The molecule has 1 amide bonds. The van der Waals surface area contributed by atoms with Crippen molar-refractivity contribution >= 4 is 23.0 Å². The van der Waals surface area contributed by atoms with Gasteiger partial charge in [-0.05, 0) is 49.4 Å². The number of aliphatic hydroxyl groups is 1. The second-order valence-electron chi connectivity index (χ2n) is 7.59. The van der Waals surface area contributed by atoms with Crippen molar-refractivity contribution in [1.82, 2.24) is 4.90 Å². The molecule has 0 saturated carbocycles. The third-order valence-electron chi connectivity index (χ3n) is 5.67. The molecule has 166 valence electrons. The van der Waals surface area contributed by atoms with Gasteiger partial charge in [0.25, 0.3) is 5.91 Å². The number of aliphatic hydroxyl groups excluding tert-OH is 1. The largest absolute Gasteiger partial charge is 0.503 e. The monoisotopic (exact) mass is 443 g/mol. The van der Waals surface area contributed by atoms with Gasteiger partial charge in [0.2, 0.25) is 5.78 Å². The number of thiophene rings is 1. The maximum atomic E-state index is 13.2. The summed E-state index contributed by atoms with van der Waals surface area (Å²) in [6, 6.07) is 10.4. The number of hydrogen-bond acceptors (Lipinski definition) is 5. The highest BCUT2D eigenvalue weighted by Crippen LogP contribution is 2.39. The van der Waals surface area contributed by atoms with Crippen molar-refractivity contribution in [2.75, 3.05) is 32.8 Å². The van der Waals surface area contributed by atoms with E-state index in [1.807, 2.05) is 36.6 Å². The van der Waals surface area contributed by atoms with Gasteiger partial charge in [-0.25, -0.2) is 0 Å². The van der Waals surface area contributed by atoms with Gasteiger partial charge in [0.1, 0.15) is 5.75 Å². The fourth-order valence-corrected chi connectivity index (χ4v) is 4.53. The van der Waals surface area contributed by atoms with E-state index in [9.17, 15) is 14.7 Å². The van der Waals surface area contributed by atoms with Gasteiger partial charge in [0.05, 0.1) is 49.3 Å². The molecule has 1 aromatic heterocycles. The van der Waals surface area contributed by atoms with Crippen LogP contribution in [0.4, 0.5) is 0 Å². The molecule has 1 atom stereocenters. The number of rotatable bonds is 11. The van der Waals surface area contributed by atoms with Crippen molar-refractivity contribution in [3.8, 4) is 5.75 Å². The summed E-state index contributed by atoms with van der Waals surface area (Å²) >= 11 is 1.31. The second-order valence-corrected chi connectivity index (χ2v) is 8.54. The predicted molar refractivity (Wildman–Crippen MR) is 122 cm³/mol. The summed E-state index contributed by atoms with van der Waals surface area (Å²) in [5.74, 6) is -0.477. The number of ketones is 1. The highest BCUT2D eigenvalue weighted by molar-refractivity contribution is 7.12. The molecular formula is C24H31N2O4S+. The average Bonchev–Trinajstić information content (AvgIpc) is 3.41. The minimum Gasteiger partial charge on any atom is -0.503 e. The Balaban J connectivity index is 1.95. The summed E-state index contributed by atoms with van der Waals surface area (Å²) in [6.45, 7) is 10.0. The average molecular weight is 444 g/mol. The number of carbonyl (C=O) groups is 2. The second kappa shape index (κ2) is 10.6. The van der Waals surface area contributed by atoms with E-state index in [4.69, 9.17) is 4.74 Å². The van der Waals surface area contributed by atoms with E-state index >= 15 is 0 Å².